The molecule has 0 saturated carbocycles. The van der Waals surface area contributed by atoms with Crippen LogP contribution >= 0.6 is 0 Å². The van der Waals surface area contributed by atoms with Crippen molar-refractivity contribution in [2.24, 2.45) is 0 Å². The first kappa shape index (κ1) is 16.3. The number of hydrogen-bond donors (Lipinski definition) is 0. The van der Waals surface area contributed by atoms with Crippen LogP contribution in [0.2, 0.25) is 0 Å². The largest absolute Gasteiger partial charge is 0.0985 e. The monoisotopic (exact) mass is 290 g/mol. The molecule has 0 aliphatic carbocycles. The van der Waals surface area contributed by atoms with Gasteiger partial charge in [0.2, 0.25) is 0 Å². The summed E-state index contributed by atoms with van der Waals surface area (Å²) in [5.41, 5.74) is 5.04. The van der Waals surface area contributed by atoms with Gasteiger partial charge in [-0.05, 0) is 33.1 Å². The molecule has 0 aliphatic rings. The summed E-state index contributed by atoms with van der Waals surface area (Å²) in [5.74, 6) is 0. The average molecular weight is 290 g/mol. The minimum Gasteiger partial charge on any atom is -0.0985 e. The van der Waals surface area contributed by atoms with E-state index in [1.165, 1.54) is 11.1 Å². The van der Waals surface area contributed by atoms with Crippen LogP contribution in [0.4, 0.5) is 0 Å². The van der Waals surface area contributed by atoms with Crippen molar-refractivity contribution >= 4 is 12.2 Å². The maximum absolute atomic E-state index is 3.83. The Morgan fingerprint density at radius 3 is 1.09 bits per heavy atom. The Balaban J connectivity index is 2.43. The highest BCUT2D eigenvalue weighted by Gasteiger charge is 2.39. The van der Waals surface area contributed by atoms with Crippen molar-refractivity contribution in [1.82, 2.24) is 0 Å². The van der Waals surface area contributed by atoms with Crippen molar-refractivity contribution < 1.29 is 0 Å². The van der Waals surface area contributed by atoms with Gasteiger partial charge in [0, 0.05) is 0 Å². The summed E-state index contributed by atoms with van der Waals surface area (Å²) in [6, 6.07) is 17.4. The van der Waals surface area contributed by atoms with E-state index < -0.39 is 0 Å². The molecule has 0 heterocycles. The second-order valence-electron chi connectivity index (χ2n) is 6.90. The van der Waals surface area contributed by atoms with Crippen molar-refractivity contribution in [2.75, 3.05) is 0 Å². The lowest BCUT2D eigenvalue weighted by atomic mass is 9.61. The van der Waals surface area contributed by atoms with Crippen LogP contribution in [0.1, 0.15) is 49.9 Å². The van der Waals surface area contributed by atoms with Crippen LogP contribution in [0.5, 0.6) is 0 Å². The lowest BCUT2D eigenvalue weighted by Crippen LogP contribution is -2.40. The third kappa shape index (κ3) is 2.78. The molecule has 0 bridgehead atoms. The van der Waals surface area contributed by atoms with Crippen LogP contribution in [0.3, 0.4) is 0 Å². The van der Waals surface area contributed by atoms with Gasteiger partial charge in [0.25, 0.3) is 0 Å². The third-order valence-corrected chi connectivity index (χ3v) is 5.30. The van der Waals surface area contributed by atoms with Gasteiger partial charge in [0.05, 0.1) is 0 Å². The number of rotatable bonds is 5. The van der Waals surface area contributed by atoms with Gasteiger partial charge in [-0.1, -0.05) is 102 Å². The van der Waals surface area contributed by atoms with E-state index in [4.69, 9.17) is 0 Å². The summed E-state index contributed by atoms with van der Waals surface area (Å²) < 4.78 is 0. The highest BCUT2D eigenvalue weighted by molar-refractivity contribution is 5.50. The molecular weight excluding hydrogens is 264 g/mol. The lowest BCUT2D eigenvalue weighted by molar-refractivity contribution is 0.303. The van der Waals surface area contributed by atoms with Gasteiger partial charge in [0.15, 0.2) is 0 Å². The topological polar surface area (TPSA) is 0 Å². The Labute approximate surface area is 135 Å². The predicted molar refractivity (Wildman–Crippen MR) is 99.1 cm³/mol. The van der Waals surface area contributed by atoms with Crippen molar-refractivity contribution in [3.8, 4) is 0 Å². The van der Waals surface area contributed by atoms with Crippen molar-refractivity contribution in [1.29, 1.82) is 0 Å². The Morgan fingerprint density at radius 1 is 0.591 bits per heavy atom. The van der Waals surface area contributed by atoms with E-state index in [0.717, 1.165) is 11.1 Å². The molecule has 0 unspecified atom stereocenters. The molecule has 0 aliphatic heterocycles. The Kier molecular flexibility index (Phi) is 4.42. The molecule has 0 spiro atoms. The van der Waals surface area contributed by atoms with Crippen LogP contribution in [-0.2, 0) is 10.8 Å². The van der Waals surface area contributed by atoms with Crippen LogP contribution < -0.4 is 0 Å². The van der Waals surface area contributed by atoms with E-state index in [2.05, 4.69) is 89.4 Å². The maximum atomic E-state index is 3.83. The number of benzene rings is 2. The van der Waals surface area contributed by atoms with E-state index >= 15 is 0 Å². The highest BCUT2D eigenvalue weighted by Crippen LogP contribution is 2.43. The predicted octanol–water partition coefficient (Wildman–Crippen LogP) is 6.23. The average Bonchev–Trinajstić information content (AvgIpc) is 2.54. The summed E-state index contributed by atoms with van der Waals surface area (Å²) in [6.45, 7) is 16.9. The normalized spacial score (nSPS) is 12.0. The minimum absolute atomic E-state index is 0.0163. The quantitative estimate of drug-likeness (QED) is 0.612. The molecule has 0 amide bonds. The van der Waals surface area contributed by atoms with E-state index in [0.29, 0.717) is 0 Å². The fourth-order valence-corrected chi connectivity index (χ4v) is 2.79. The van der Waals surface area contributed by atoms with Gasteiger partial charge in [0.1, 0.15) is 0 Å². The molecule has 0 fully saturated rings. The van der Waals surface area contributed by atoms with Crippen LogP contribution in [0, 0.1) is 0 Å². The SMILES string of the molecule is C=Cc1ccc(C(C)(C)C(C)(C)c2ccc(C=C)cc2)cc1. The molecule has 0 heteroatoms. The van der Waals surface area contributed by atoms with Crippen LogP contribution in [0.25, 0.3) is 12.2 Å². The zero-order valence-corrected chi connectivity index (χ0v) is 14.2. The summed E-state index contributed by atoms with van der Waals surface area (Å²) in [4.78, 5) is 0. The smallest absolute Gasteiger partial charge is 0.00120 e. The van der Waals surface area contributed by atoms with Gasteiger partial charge < -0.3 is 0 Å². The zero-order valence-electron chi connectivity index (χ0n) is 14.2. The van der Waals surface area contributed by atoms with Crippen LogP contribution in [-0.4, -0.2) is 0 Å². The maximum Gasteiger partial charge on any atom is -0.00120 e. The van der Waals surface area contributed by atoms with Crippen LogP contribution in [0.15, 0.2) is 61.7 Å². The third-order valence-electron chi connectivity index (χ3n) is 5.30. The summed E-state index contributed by atoms with van der Waals surface area (Å²) in [6.07, 6.45) is 3.77. The lowest BCUT2D eigenvalue weighted by Gasteiger charge is -2.43. The molecule has 114 valence electrons. The second-order valence-corrected chi connectivity index (χ2v) is 6.90. The molecule has 0 saturated heterocycles. The fourth-order valence-electron chi connectivity index (χ4n) is 2.79. The molecule has 22 heavy (non-hydrogen) atoms. The molecule has 2 aromatic rings. The first-order valence-corrected chi connectivity index (χ1v) is 7.79. The van der Waals surface area contributed by atoms with Crippen molar-refractivity contribution in [2.45, 2.75) is 38.5 Å². The fraction of sp³-hybridized carbons (Fsp3) is 0.273. The van der Waals surface area contributed by atoms with Gasteiger partial charge in [-0.3, -0.25) is 0 Å². The first-order valence-electron chi connectivity index (χ1n) is 7.79. The van der Waals surface area contributed by atoms with E-state index in [1.54, 1.807) is 0 Å². The Morgan fingerprint density at radius 2 is 0.864 bits per heavy atom. The summed E-state index contributed by atoms with van der Waals surface area (Å²) >= 11 is 0. The second kappa shape index (κ2) is 5.96. The van der Waals surface area contributed by atoms with Crippen molar-refractivity contribution in [3.63, 3.8) is 0 Å². The molecule has 0 N–H and O–H groups in total. The van der Waals surface area contributed by atoms with E-state index in [-0.39, 0.29) is 10.8 Å². The van der Waals surface area contributed by atoms with E-state index in [1.807, 2.05) is 12.2 Å². The Bertz CT molecular complexity index is 591. The van der Waals surface area contributed by atoms with Gasteiger partial charge in [-0.25, -0.2) is 0 Å². The molecular formula is C22H26. The minimum atomic E-state index is 0.0163. The standard InChI is InChI=1S/C22H26/c1-7-17-9-13-19(14-10-17)21(3,4)22(5,6)20-15-11-18(8-2)12-16-20/h7-16H,1-2H2,3-6H3. The molecule has 0 aromatic heterocycles. The molecule has 0 atom stereocenters. The van der Waals surface area contributed by atoms with Gasteiger partial charge in [-0.2, -0.15) is 0 Å². The first-order chi connectivity index (χ1) is 10.3. The van der Waals surface area contributed by atoms with Crippen molar-refractivity contribution in [3.05, 3.63) is 83.9 Å². The summed E-state index contributed by atoms with van der Waals surface area (Å²) in [7, 11) is 0. The number of hydrogen-bond acceptors (Lipinski definition) is 0. The molecule has 2 rings (SSSR count). The van der Waals surface area contributed by atoms with E-state index in [9.17, 15) is 0 Å². The molecule has 0 nitrogen and oxygen atoms in total. The molecule has 0 radical (unpaired) electrons. The Hall–Kier alpha value is -2.08. The highest BCUT2D eigenvalue weighted by atomic mass is 14.4. The zero-order chi connectivity index (χ0) is 16.4. The van der Waals surface area contributed by atoms with Gasteiger partial charge >= 0.3 is 0 Å². The summed E-state index contributed by atoms with van der Waals surface area (Å²) in [5, 5.41) is 0. The molecule has 2 aromatic carbocycles. The van der Waals surface area contributed by atoms with Gasteiger partial charge in [-0.15, -0.1) is 0 Å².